The van der Waals surface area contributed by atoms with Crippen LogP contribution in [0.5, 0.6) is 0 Å². The van der Waals surface area contributed by atoms with Crippen molar-refractivity contribution in [1.29, 1.82) is 3.56 Å². The second-order valence-corrected chi connectivity index (χ2v) is 4.37. The topological polar surface area (TPSA) is 64.4 Å². The summed E-state index contributed by atoms with van der Waals surface area (Å²) in [6, 6.07) is 0. The van der Waals surface area contributed by atoms with Gasteiger partial charge in [0.2, 0.25) is 0 Å². The van der Waals surface area contributed by atoms with E-state index < -0.39 is 33.3 Å². The molecule has 0 saturated carbocycles. The Hall–Kier alpha value is -0.270. The van der Waals surface area contributed by atoms with Crippen molar-refractivity contribution < 1.29 is 14.3 Å². The molecule has 1 fully saturated rings. The van der Waals surface area contributed by atoms with Gasteiger partial charge in [0.05, 0.1) is 6.54 Å². The van der Waals surface area contributed by atoms with E-state index in [1.54, 1.807) is 0 Å². The molecule has 0 unspecified atom stereocenters. The molecule has 11 heavy (non-hydrogen) atoms. The SMILES string of the molecule is N=I[C@@H]1C[C@H](F)CN1C(=O)O. The van der Waals surface area contributed by atoms with Gasteiger partial charge in [-0.25, -0.2) is 9.18 Å². The van der Waals surface area contributed by atoms with Gasteiger partial charge in [-0.1, -0.05) is 0 Å². The minimum atomic E-state index is -1.10. The highest BCUT2D eigenvalue weighted by Crippen LogP contribution is 2.28. The number of nitrogens with zero attached hydrogens (tertiary/aromatic N) is 1. The van der Waals surface area contributed by atoms with Gasteiger partial charge in [-0.3, -0.25) is 8.46 Å². The second kappa shape index (κ2) is 3.42. The Kier molecular flexibility index (Phi) is 2.74. The lowest BCUT2D eigenvalue weighted by Crippen LogP contribution is -2.31. The number of likely N-dealkylation sites (tertiary alicyclic amines) is 1. The summed E-state index contributed by atoms with van der Waals surface area (Å²) in [6.45, 7) is -0.0431. The van der Waals surface area contributed by atoms with Crippen molar-refractivity contribution in [1.82, 2.24) is 4.90 Å². The smallest absolute Gasteiger partial charge is 0.408 e. The summed E-state index contributed by atoms with van der Waals surface area (Å²) in [6.07, 6.45) is -1.92. The lowest BCUT2D eigenvalue weighted by molar-refractivity contribution is 0.150. The molecule has 0 aromatic heterocycles. The van der Waals surface area contributed by atoms with Gasteiger partial charge in [0.1, 0.15) is 10.2 Å². The molecule has 1 rings (SSSR count). The van der Waals surface area contributed by atoms with Gasteiger partial charge in [-0.15, -0.1) is 0 Å². The number of carbonyl (C=O) groups is 1. The van der Waals surface area contributed by atoms with Crippen LogP contribution in [-0.4, -0.2) is 32.9 Å². The van der Waals surface area contributed by atoms with Crippen LogP contribution < -0.4 is 0 Å². The quantitative estimate of drug-likeness (QED) is 0.435. The van der Waals surface area contributed by atoms with Crippen LogP contribution in [0.25, 0.3) is 0 Å². The minimum absolute atomic E-state index is 0.0431. The molecule has 2 atom stereocenters. The molecule has 0 aliphatic carbocycles. The molecule has 0 bridgehead atoms. The molecule has 0 radical (unpaired) electrons. The molecule has 0 spiro atoms. The van der Waals surface area contributed by atoms with Crippen molar-refractivity contribution in [3.8, 4) is 0 Å². The van der Waals surface area contributed by atoms with Crippen LogP contribution in [0.3, 0.4) is 0 Å². The molecule has 0 aromatic rings. The first-order valence-corrected chi connectivity index (χ1v) is 5.40. The highest BCUT2D eigenvalue weighted by Gasteiger charge is 2.34. The summed E-state index contributed by atoms with van der Waals surface area (Å²) in [5, 5.41) is 8.53. The van der Waals surface area contributed by atoms with Crippen LogP contribution in [-0.2, 0) is 0 Å². The first-order valence-electron chi connectivity index (χ1n) is 3.08. The van der Waals surface area contributed by atoms with E-state index in [9.17, 15) is 9.18 Å². The summed E-state index contributed by atoms with van der Waals surface area (Å²) in [4.78, 5) is 11.5. The van der Waals surface area contributed by atoms with E-state index in [0.29, 0.717) is 0 Å². The van der Waals surface area contributed by atoms with Gasteiger partial charge in [0.25, 0.3) is 0 Å². The Bertz CT molecular complexity index is 189. The number of nitrogens with one attached hydrogen (secondary N) is 1. The number of hydrogen-bond acceptors (Lipinski definition) is 2. The second-order valence-electron chi connectivity index (χ2n) is 2.31. The van der Waals surface area contributed by atoms with Crippen LogP contribution in [0.2, 0.25) is 0 Å². The average molecular weight is 274 g/mol. The van der Waals surface area contributed by atoms with Crippen LogP contribution in [0, 0.1) is 3.56 Å². The highest BCUT2D eigenvalue weighted by atomic mass is 127. The van der Waals surface area contributed by atoms with Crippen molar-refractivity contribution in [3.05, 3.63) is 0 Å². The summed E-state index contributed by atoms with van der Waals surface area (Å²) < 4.78 is 19.3. The Labute approximate surface area is 73.3 Å². The molecular weight excluding hydrogens is 266 g/mol. The van der Waals surface area contributed by atoms with Crippen molar-refractivity contribution in [2.24, 2.45) is 0 Å². The predicted octanol–water partition coefficient (Wildman–Crippen LogP) is 1.77. The van der Waals surface area contributed by atoms with E-state index in [0.717, 1.165) is 4.90 Å². The van der Waals surface area contributed by atoms with E-state index in [4.69, 9.17) is 8.67 Å². The summed E-state index contributed by atoms with van der Waals surface area (Å²) in [5.74, 6) is 0. The molecule has 1 amide bonds. The third-order valence-electron chi connectivity index (χ3n) is 1.55. The molecule has 1 heterocycles. The standard InChI is InChI=1S/C5H8FIN2O2/c6-3-1-4(7-8)9(2-3)5(10)11/h3-4,8H,1-2H2,(H,10,11)/t3-,4-/m0/s1. The predicted molar refractivity (Wildman–Crippen MR) is 44.8 cm³/mol. The molecule has 0 aromatic carbocycles. The molecule has 64 valence electrons. The normalized spacial score (nSPS) is 30.8. The number of hydrogen-bond donors (Lipinski definition) is 2. The van der Waals surface area contributed by atoms with E-state index in [1.165, 1.54) is 0 Å². The average Bonchev–Trinajstić information content (AvgIpc) is 2.30. The van der Waals surface area contributed by atoms with Crippen LogP contribution in [0.1, 0.15) is 6.42 Å². The van der Waals surface area contributed by atoms with Gasteiger partial charge in [-0.2, -0.15) is 0 Å². The Morgan fingerprint density at radius 1 is 1.82 bits per heavy atom. The number of amides is 1. The summed E-state index contributed by atoms with van der Waals surface area (Å²) >= 11 is -0.942. The highest BCUT2D eigenvalue weighted by molar-refractivity contribution is 14.1. The van der Waals surface area contributed by atoms with Gasteiger partial charge >= 0.3 is 6.09 Å². The largest absolute Gasteiger partial charge is 0.465 e. The fraction of sp³-hybridized carbons (Fsp3) is 0.800. The first kappa shape index (κ1) is 8.82. The van der Waals surface area contributed by atoms with Gasteiger partial charge in [0.15, 0.2) is 0 Å². The fourth-order valence-electron chi connectivity index (χ4n) is 1.04. The Balaban J connectivity index is 2.64. The van der Waals surface area contributed by atoms with Gasteiger partial charge < -0.3 is 5.11 Å². The van der Waals surface area contributed by atoms with Gasteiger partial charge in [0, 0.05) is 27.5 Å². The number of halogens is 2. The third kappa shape index (κ3) is 1.85. The zero-order valence-corrected chi connectivity index (χ0v) is 7.79. The van der Waals surface area contributed by atoms with Crippen LogP contribution >= 0.6 is 21.0 Å². The zero-order chi connectivity index (χ0) is 8.43. The minimum Gasteiger partial charge on any atom is -0.465 e. The molecule has 6 heteroatoms. The zero-order valence-electron chi connectivity index (χ0n) is 5.63. The van der Waals surface area contributed by atoms with Crippen molar-refractivity contribution in [3.63, 3.8) is 0 Å². The van der Waals surface area contributed by atoms with E-state index in [2.05, 4.69) is 0 Å². The first-order chi connectivity index (χ1) is 5.15. The van der Waals surface area contributed by atoms with E-state index in [1.807, 2.05) is 0 Å². The molecule has 4 nitrogen and oxygen atoms in total. The molecule has 1 aliphatic heterocycles. The van der Waals surface area contributed by atoms with Crippen LogP contribution in [0.4, 0.5) is 9.18 Å². The fourth-order valence-corrected chi connectivity index (χ4v) is 2.65. The molecule has 1 aliphatic rings. The maximum absolute atomic E-state index is 12.6. The maximum Gasteiger partial charge on any atom is 0.408 e. The molecule has 1 saturated heterocycles. The monoisotopic (exact) mass is 274 g/mol. The van der Waals surface area contributed by atoms with Crippen molar-refractivity contribution >= 4 is 27.1 Å². The molecule has 2 N–H and O–H groups in total. The van der Waals surface area contributed by atoms with Crippen molar-refractivity contribution in [2.45, 2.75) is 16.6 Å². The number of rotatable bonds is 1. The number of carboxylic acid groups (broad SMARTS) is 1. The van der Waals surface area contributed by atoms with Gasteiger partial charge in [-0.05, 0) is 0 Å². The Morgan fingerprint density at radius 2 is 2.45 bits per heavy atom. The summed E-state index contributed by atoms with van der Waals surface area (Å²) in [5.41, 5.74) is 0. The lowest BCUT2D eigenvalue weighted by atomic mass is 10.3. The number of alkyl halides is 2. The Morgan fingerprint density at radius 3 is 2.82 bits per heavy atom. The van der Waals surface area contributed by atoms with Crippen LogP contribution in [0.15, 0.2) is 0 Å². The summed E-state index contributed by atoms with van der Waals surface area (Å²) in [7, 11) is 0. The van der Waals surface area contributed by atoms with Crippen molar-refractivity contribution in [2.75, 3.05) is 6.54 Å². The lowest BCUT2D eigenvalue weighted by Gasteiger charge is -2.14. The third-order valence-corrected chi connectivity index (χ3v) is 3.45. The molecular formula is C5H8FIN2O2. The van der Waals surface area contributed by atoms with E-state index in [-0.39, 0.29) is 17.0 Å². The van der Waals surface area contributed by atoms with E-state index >= 15 is 0 Å². The maximum atomic E-state index is 12.6.